The summed E-state index contributed by atoms with van der Waals surface area (Å²) in [4.78, 5) is 4.42. The van der Waals surface area contributed by atoms with Crippen molar-refractivity contribution in [2.24, 2.45) is 14.1 Å². The number of hydrogen-bond donors (Lipinski definition) is 1. The summed E-state index contributed by atoms with van der Waals surface area (Å²) < 4.78 is 31.7. The highest BCUT2D eigenvalue weighted by atomic mass is 19.1. The van der Waals surface area contributed by atoms with Crippen LogP contribution in [0.5, 0.6) is 0 Å². The molecule has 3 heterocycles. The third-order valence-electron chi connectivity index (χ3n) is 5.12. The van der Waals surface area contributed by atoms with Crippen LogP contribution in [-0.2, 0) is 14.1 Å². The lowest BCUT2D eigenvalue weighted by Gasteiger charge is -2.07. The van der Waals surface area contributed by atoms with Crippen LogP contribution >= 0.6 is 0 Å². The summed E-state index contributed by atoms with van der Waals surface area (Å²) in [7, 11) is 3.74. The fraction of sp³-hybridized carbons (Fsp3) is 0.0952. The lowest BCUT2D eigenvalue weighted by molar-refractivity contribution is 0.629. The highest BCUT2D eigenvalue weighted by Gasteiger charge is 2.21. The van der Waals surface area contributed by atoms with E-state index in [0.717, 1.165) is 11.0 Å². The van der Waals surface area contributed by atoms with Gasteiger partial charge in [0, 0.05) is 59.4 Å². The Bertz CT molecular complexity index is 1420. The quantitative estimate of drug-likeness (QED) is 0.493. The summed E-state index contributed by atoms with van der Waals surface area (Å²) >= 11 is 0. The molecule has 0 spiro atoms. The number of nitrogens with two attached hydrogens (primary N) is 1. The highest BCUT2D eigenvalue weighted by Crippen LogP contribution is 2.38. The molecule has 0 amide bonds. The molecule has 0 aliphatic rings. The van der Waals surface area contributed by atoms with Crippen LogP contribution in [-0.4, -0.2) is 24.3 Å². The number of halogens is 2. The Morgan fingerprint density at radius 3 is 1.83 bits per heavy atom. The van der Waals surface area contributed by atoms with Crippen molar-refractivity contribution in [3.05, 3.63) is 60.4 Å². The predicted molar refractivity (Wildman–Crippen MR) is 108 cm³/mol. The second-order valence-electron chi connectivity index (χ2n) is 7.00. The van der Waals surface area contributed by atoms with Crippen molar-refractivity contribution in [2.45, 2.75) is 0 Å². The highest BCUT2D eigenvalue weighted by molar-refractivity contribution is 6.02. The Balaban J connectivity index is 1.86. The lowest BCUT2D eigenvalue weighted by atomic mass is 10.0. The molecule has 0 aliphatic carbocycles. The van der Waals surface area contributed by atoms with Gasteiger partial charge in [0.15, 0.2) is 0 Å². The van der Waals surface area contributed by atoms with Gasteiger partial charge in [-0.25, -0.2) is 13.8 Å². The molecule has 144 valence electrons. The van der Waals surface area contributed by atoms with Gasteiger partial charge < -0.3 is 14.9 Å². The van der Waals surface area contributed by atoms with E-state index in [9.17, 15) is 8.78 Å². The SMILES string of the molecule is Cn1cc(-c2nnc(N)nc2-c2cn(C)c3ccc(F)cc23)c2cc(F)ccc21. The van der Waals surface area contributed by atoms with E-state index >= 15 is 0 Å². The molecular weight excluding hydrogens is 374 g/mol. The number of nitrogens with zero attached hydrogens (tertiary/aromatic N) is 5. The van der Waals surface area contributed by atoms with E-state index in [1.807, 2.05) is 35.6 Å². The molecule has 5 rings (SSSR count). The first-order valence-electron chi connectivity index (χ1n) is 8.92. The van der Waals surface area contributed by atoms with Crippen LogP contribution in [0.15, 0.2) is 48.8 Å². The molecule has 29 heavy (non-hydrogen) atoms. The van der Waals surface area contributed by atoms with Gasteiger partial charge >= 0.3 is 0 Å². The fourth-order valence-electron chi connectivity index (χ4n) is 3.81. The summed E-state index contributed by atoms with van der Waals surface area (Å²) in [5.74, 6) is -0.701. The van der Waals surface area contributed by atoms with Crippen LogP contribution in [0.1, 0.15) is 0 Å². The molecule has 0 unspecified atom stereocenters. The number of anilines is 1. The van der Waals surface area contributed by atoms with Gasteiger partial charge in [-0.3, -0.25) is 0 Å². The third kappa shape index (κ3) is 2.64. The topological polar surface area (TPSA) is 74.6 Å². The first kappa shape index (κ1) is 17.3. The van der Waals surface area contributed by atoms with Gasteiger partial charge in [0.1, 0.15) is 23.0 Å². The van der Waals surface area contributed by atoms with Gasteiger partial charge in [0.2, 0.25) is 5.95 Å². The Hall–Kier alpha value is -3.81. The van der Waals surface area contributed by atoms with E-state index in [4.69, 9.17) is 5.73 Å². The van der Waals surface area contributed by atoms with E-state index in [1.165, 1.54) is 24.3 Å². The zero-order valence-corrected chi connectivity index (χ0v) is 15.7. The largest absolute Gasteiger partial charge is 0.366 e. The van der Waals surface area contributed by atoms with Gasteiger partial charge in [0.05, 0.1) is 0 Å². The number of nitrogen functional groups attached to an aromatic ring is 1. The molecule has 2 aromatic carbocycles. The molecule has 0 radical (unpaired) electrons. The number of hydrogen-bond acceptors (Lipinski definition) is 4. The molecule has 8 heteroatoms. The minimum Gasteiger partial charge on any atom is -0.366 e. The number of rotatable bonds is 2. The molecule has 5 aromatic rings. The van der Waals surface area contributed by atoms with Crippen molar-refractivity contribution < 1.29 is 8.78 Å². The van der Waals surface area contributed by atoms with Crippen molar-refractivity contribution in [1.82, 2.24) is 24.3 Å². The van der Waals surface area contributed by atoms with Crippen molar-refractivity contribution in [3.8, 4) is 22.5 Å². The van der Waals surface area contributed by atoms with Crippen LogP contribution in [0.25, 0.3) is 44.3 Å². The summed E-state index contributed by atoms with van der Waals surface area (Å²) in [6, 6.07) is 9.14. The second-order valence-corrected chi connectivity index (χ2v) is 7.00. The summed E-state index contributed by atoms with van der Waals surface area (Å²) in [5.41, 5.74) is 9.78. The fourth-order valence-corrected chi connectivity index (χ4v) is 3.81. The Labute approximate surface area is 164 Å². The molecule has 0 bridgehead atoms. The van der Waals surface area contributed by atoms with Crippen molar-refractivity contribution in [3.63, 3.8) is 0 Å². The van der Waals surface area contributed by atoms with Gasteiger partial charge in [0.25, 0.3) is 0 Å². The molecule has 3 aromatic heterocycles. The Kier molecular flexibility index (Phi) is 3.64. The zero-order valence-electron chi connectivity index (χ0n) is 15.7. The second kappa shape index (κ2) is 6.10. The number of benzene rings is 2. The van der Waals surface area contributed by atoms with Crippen LogP contribution < -0.4 is 5.73 Å². The van der Waals surface area contributed by atoms with Crippen LogP contribution in [0, 0.1) is 11.6 Å². The van der Waals surface area contributed by atoms with Crippen LogP contribution in [0.3, 0.4) is 0 Å². The third-order valence-corrected chi connectivity index (χ3v) is 5.12. The first-order valence-corrected chi connectivity index (χ1v) is 8.92. The van der Waals surface area contributed by atoms with Gasteiger partial charge in [-0.1, -0.05) is 0 Å². The minimum absolute atomic E-state index is 0.00331. The molecule has 0 saturated carbocycles. The van der Waals surface area contributed by atoms with Crippen molar-refractivity contribution >= 4 is 27.8 Å². The minimum atomic E-state index is -0.353. The first-order chi connectivity index (χ1) is 13.9. The van der Waals surface area contributed by atoms with Gasteiger partial charge in [-0.2, -0.15) is 0 Å². The van der Waals surface area contributed by atoms with E-state index in [-0.39, 0.29) is 17.6 Å². The Morgan fingerprint density at radius 2 is 1.28 bits per heavy atom. The summed E-state index contributed by atoms with van der Waals surface area (Å²) in [5, 5.41) is 9.56. The molecule has 0 atom stereocenters. The van der Waals surface area contributed by atoms with E-state index in [2.05, 4.69) is 15.2 Å². The molecule has 0 fully saturated rings. The lowest BCUT2D eigenvalue weighted by Crippen LogP contribution is -2.02. The maximum Gasteiger partial charge on any atom is 0.240 e. The normalized spacial score (nSPS) is 11.6. The van der Waals surface area contributed by atoms with E-state index < -0.39 is 0 Å². The smallest absolute Gasteiger partial charge is 0.240 e. The predicted octanol–water partition coefficient (Wildman–Crippen LogP) is 4.05. The monoisotopic (exact) mass is 390 g/mol. The summed E-state index contributed by atoms with van der Waals surface area (Å²) in [6.45, 7) is 0. The van der Waals surface area contributed by atoms with Gasteiger partial charge in [-0.15, -0.1) is 10.2 Å². The number of aromatic nitrogens is 5. The molecular formula is C21H16F2N6. The van der Waals surface area contributed by atoms with Crippen molar-refractivity contribution in [2.75, 3.05) is 5.73 Å². The van der Waals surface area contributed by atoms with E-state index in [1.54, 1.807) is 12.1 Å². The molecule has 2 N–H and O–H groups in total. The van der Waals surface area contributed by atoms with Crippen LogP contribution in [0.4, 0.5) is 14.7 Å². The zero-order chi connectivity index (χ0) is 20.3. The maximum absolute atomic E-state index is 14.0. The molecule has 6 nitrogen and oxygen atoms in total. The standard InChI is InChI=1S/C21H16F2N6/c1-28-9-15(13-7-11(22)3-5-17(13)28)19-20(26-27-21(24)25-19)16-10-29(2)18-6-4-12(23)8-14(16)18/h3-10H,1-2H3,(H2,24,25,27). The van der Waals surface area contributed by atoms with Crippen molar-refractivity contribution in [1.29, 1.82) is 0 Å². The molecule has 0 aliphatic heterocycles. The average molecular weight is 390 g/mol. The van der Waals surface area contributed by atoms with E-state index in [0.29, 0.717) is 33.3 Å². The number of fused-ring (bicyclic) bond motifs is 2. The average Bonchev–Trinajstić information content (AvgIpc) is 3.18. The molecule has 0 saturated heterocycles. The number of aryl methyl sites for hydroxylation is 2. The summed E-state index contributed by atoms with van der Waals surface area (Å²) in [6.07, 6.45) is 3.70. The van der Waals surface area contributed by atoms with Crippen LogP contribution in [0.2, 0.25) is 0 Å². The van der Waals surface area contributed by atoms with Gasteiger partial charge in [-0.05, 0) is 36.4 Å². The Morgan fingerprint density at radius 1 is 0.759 bits per heavy atom. The maximum atomic E-state index is 14.0.